The molecule has 4 nitrogen and oxygen atoms in total. The number of fused-ring (bicyclic) bond motifs is 1. The number of aromatic nitrogens is 3. The molecule has 3 aromatic rings. The zero-order chi connectivity index (χ0) is 12.7. The molecule has 0 aliphatic heterocycles. The number of anilines is 1. The van der Waals surface area contributed by atoms with Crippen LogP contribution in [0.2, 0.25) is 0 Å². The molecule has 3 rings (SSSR count). The van der Waals surface area contributed by atoms with E-state index in [0.29, 0.717) is 11.3 Å². The van der Waals surface area contributed by atoms with Gasteiger partial charge < -0.3 is 10.7 Å². The first-order valence-electron chi connectivity index (χ1n) is 5.51. The summed E-state index contributed by atoms with van der Waals surface area (Å²) in [6.45, 7) is 2.01. The average molecular weight is 350 g/mol. The van der Waals surface area contributed by atoms with Gasteiger partial charge in [-0.25, -0.2) is 9.97 Å². The molecule has 0 aliphatic rings. The van der Waals surface area contributed by atoms with Crippen molar-refractivity contribution in [1.82, 2.24) is 15.0 Å². The average Bonchev–Trinajstić information content (AvgIpc) is 2.74. The third-order valence-corrected chi connectivity index (χ3v) is 3.42. The lowest BCUT2D eigenvalue weighted by Crippen LogP contribution is -1.91. The van der Waals surface area contributed by atoms with E-state index in [1.165, 1.54) is 0 Å². The molecule has 0 aliphatic carbocycles. The SMILES string of the molecule is Cc1cnc2nc(-c3cc(I)ccc3N)[nH]c2c1. The van der Waals surface area contributed by atoms with Gasteiger partial charge in [-0.05, 0) is 59.3 Å². The van der Waals surface area contributed by atoms with Gasteiger partial charge in [-0.1, -0.05) is 0 Å². The third kappa shape index (κ3) is 1.94. The van der Waals surface area contributed by atoms with E-state index in [-0.39, 0.29) is 0 Å². The quantitative estimate of drug-likeness (QED) is 0.523. The number of aryl methyl sites for hydroxylation is 1. The number of hydrogen-bond donors (Lipinski definition) is 2. The summed E-state index contributed by atoms with van der Waals surface area (Å²) < 4.78 is 1.13. The largest absolute Gasteiger partial charge is 0.398 e. The summed E-state index contributed by atoms with van der Waals surface area (Å²) in [6.07, 6.45) is 1.81. The van der Waals surface area contributed by atoms with Crippen LogP contribution in [-0.2, 0) is 0 Å². The number of halogens is 1. The maximum absolute atomic E-state index is 5.99. The van der Waals surface area contributed by atoms with E-state index < -0.39 is 0 Å². The van der Waals surface area contributed by atoms with E-state index in [4.69, 9.17) is 5.73 Å². The topological polar surface area (TPSA) is 67.6 Å². The van der Waals surface area contributed by atoms with Crippen molar-refractivity contribution in [1.29, 1.82) is 0 Å². The van der Waals surface area contributed by atoms with Gasteiger partial charge >= 0.3 is 0 Å². The normalized spacial score (nSPS) is 11.0. The van der Waals surface area contributed by atoms with Gasteiger partial charge in [0.05, 0.1) is 5.52 Å². The molecule has 1 aromatic carbocycles. The smallest absolute Gasteiger partial charge is 0.178 e. The Bertz CT molecular complexity index is 733. The Labute approximate surface area is 118 Å². The fourth-order valence-corrected chi connectivity index (χ4v) is 2.36. The first kappa shape index (κ1) is 11.5. The molecule has 3 N–H and O–H groups in total. The summed E-state index contributed by atoms with van der Waals surface area (Å²) in [7, 11) is 0. The van der Waals surface area contributed by atoms with Crippen LogP contribution in [0.1, 0.15) is 5.56 Å². The Kier molecular flexibility index (Phi) is 2.70. The number of nitrogens with zero attached hydrogens (tertiary/aromatic N) is 2. The number of aromatic amines is 1. The van der Waals surface area contributed by atoms with E-state index in [9.17, 15) is 0 Å². The number of H-pyrrole nitrogens is 1. The van der Waals surface area contributed by atoms with Gasteiger partial charge in [-0.2, -0.15) is 0 Å². The molecule has 18 heavy (non-hydrogen) atoms. The van der Waals surface area contributed by atoms with Crippen molar-refractivity contribution >= 4 is 39.4 Å². The molecule has 0 bridgehead atoms. The van der Waals surface area contributed by atoms with Crippen molar-refractivity contribution in [2.45, 2.75) is 6.92 Å². The standard InChI is InChI=1S/C13H11IN4/c1-7-4-11-13(16-6-7)18-12(17-11)9-5-8(14)2-3-10(9)15/h2-6H,15H2,1H3,(H,16,17,18). The molecular weight excluding hydrogens is 339 g/mol. The molecular formula is C13H11IN4. The monoisotopic (exact) mass is 350 g/mol. The first-order valence-corrected chi connectivity index (χ1v) is 6.59. The van der Waals surface area contributed by atoms with E-state index >= 15 is 0 Å². The van der Waals surface area contributed by atoms with Crippen molar-refractivity contribution < 1.29 is 0 Å². The van der Waals surface area contributed by atoms with Gasteiger partial charge in [0.15, 0.2) is 5.65 Å². The molecule has 0 saturated heterocycles. The molecule has 90 valence electrons. The van der Waals surface area contributed by atoms with Crippen LogP contribution < -0.4 is 5.73 Å². The van der Waals surface area contributed by atoms with Gasteiger partial charge in [0, 0.05) is 21.0 Å². The van der Waals surface area contributed by atoms with Crippen LogP contribution in [-0.4, -0.2) is 15.0 Å². The van der Waals surface area contributed by atoms with Crippen LogP contribution in [0.5, 0.6) is 0 Å². The Morgan fingerprint density at radius 3 is 2.94 bits per heavy atom. The number of imidazole rings is 1. The lowest BCUT2D eigenvalue weighted by atomic mass is 10.2. The third-order valence-electron chi connectivity index (χ3n) is 2.74. The van der Waals surface area contributed by atoms with E-state index in [0.717, 1.165) is 26.0 Å². The van der Waals surface area contributed by atoms with Crippen LogP contribution >= 0.6 is 22.6 Å². The molecule has 5 heteroatoms. The molecule has 0 spiro atoms. The van der Waals surface area contributed by atoms with E-state index in [1.54, 1.807) is 0 Å². The molecule has 0 unspecified atom stereocenters. The van der Waals surface area contributed by atoms with Gasteiger partial charge in [-0.15, -0.1) is 0 Å². The molecule has 2 aromatic heterocycles. The minimum atomic E-state index is 0.714. The molecule has 0 radical (unpaired) electrons. The summed E-state index contributed by atoms with van der Waals surface area (Å²) in [5.41, 5.74) is 10.4. The van der Waals surface area contributed by atoms with Crippen molar-refractivity contribution in [3.8, 4) is 11.4 Å². The number of hydrogen-bond acceptors (Lipinski definition) is 3. The summed E-state index contributed by atoms with van der Waals surface area (Å²) in [4.78, 5) is 12.0. The summed E-state index contributed by atoms with van der Waals surface area (Å²) in [5, 5.41) is 0. The Morgan fingerprint density at radius 1 is 1.28 bits per heavy atom. The zero-order valence-electron chi connectivity index (χ0n) is 9.74. The van der Waals surface area contributed by atoms with Crippen molar-refractivity contribution in [3.63, 3.8) is 0 Å². The highest BCUT2D eigenvalue weighted by atomic mass is 127. The fraction of sp³-hybridized carbons (Fsp3) is 0.0769. The van der Waals surface area contributed by atoms with Gasteiger partial charge in [0.25, 0.3) is 0 Å². The number of nitrogens with one attached hydrogen (secondary N) is 1. The van der Waals surface area contributed by atoms with Crippen LogP contribution in [0.3, 0.4) is 0 Å². The highest BCUT2D eigenvalue weighted by Gasteiger charge is 2.09. The second-order valence-electron chi connectivity index (χ2n) is 4.20. The number of pyridine rings is 1. The predicted molar refractivity (Wildman–Crippen MR) is 81.2 cm³/mol. The van der Waals surface area contributed by atoms with Crippen LogP contribution in [0.15, 0.2) is 30.5 Å². The van der Waals surface area contributed by atoms with Crippen LogP contribution in [0.25, 0.3) is 22.6 Å². The van der Waals surface area contributed by atoms with E-state index in [2.05, 4.69) is 37.5 Å². The molecule has 0 amide bonds. The van der Waals surface area contributed by atoms with Crippen LogP contribution in [0, 0.1) is 10.5 Å². The highest BCUT2D eigenvalue weighted by Crippen LogP contribution is 2.26. The lowest BCUT2D eigenvalue weighted by Gasteiger charge is -2.02. The van der Waals surface area contributed by atoms with Gasteiger partial charge in [0.2, 0.25) is 0 Å². The Morgan fingerprint density at radius 2 is 2.11 bits per heavy atom. The van der Waals surface area contributed by atoms with Crippen LogP contribution in [0.4, 0.5) is 5.69 Å². The minimum Gasteiger partial charge on any atom is -0.398 e. The maximum atomic E-state index is 5.99. The summed E-state index contributed by atoms with van der Waals surface area (Å²) in [6, 6.07) is 7.91. The lowest BCUT2D eigenvalue weighted by molar-refractivity contribution is 1.28. The number of nitrogens with two attached hydrogens (primary N) is 1. The summed E-state index contributed by atoms with van der Waals surface area (Å²) >= 11 is 2.26. The minimum absolute atomic E-state index is 0.714. The molecule has 0 fully saturated rings. The Hall–Kier alpha value is -1.63. The first-order chi connectivity index (χ1) is 8.63. The maximum Gasteiger partial charge on any atom is 0.178 e. The molecule has 2 heterocycles. The van der Waals surface area contributed by atoms with Crippen molar-refractivity contribution in [2.75, 3.05) is 5.73 Å². The molecule has 0 atom stereocenters. The number of rotatable bonds is 1. The second kappa shape index (κ2) is 4.24. The number of benzene rings is 1. The predicted octanol–water partition coefficient (Wildman–Crippen LogP) is 3.12. The van der Waals surface area contributed by atoms with Crippen molar-refractivity contribution in [2.24, 2.45) is 0 Å². The zero-order valence-corrected chi connectivity index (χ0v) is 11.9. The van der Waals surface area contributed by atoms with Gasteiger partial charge in [-0.3, -0.25) is 0 Å². The highest BCUT2D eigenvalue weighted by molar-refractivity contribution is 14.1. The second-order valence-corrected chi connectivity index (χ2v) is 5.45. The summed E-state index contributed by atoms with van der Waals surface area (Å²) in [5.74, 6) is 0.763. The van der Waals surface area contributed by atoms with Crippen molar-refractivity contribution in [3.05, 3.63) is 39.6 Å². The Balaban J connectivity index is 2.22. The van der Waals surface area contributed by atoms with E-state index in [1.807, 2.05) is 37.4 Å². The van der Waals surface area contributed by atoms with Gasteiger partial charge in [0.1, 0.15) is 5.82 Å². The fourth-order valence-electron chi connectivity index (χ4n) is 1.87. The molecule has 0 saturated carbocycles. The number of nitrogen functional groups attached to an aromatic ring is 1.